The molecule has 1 aromatic rings. The van der Waals surface area contributed by atoms with Gasteiger partial charge >= 0.3 is 0 Å². The number of aromatic nitrogens is 1. The molecule has 0 aromatic carbocycles. The van der Waals surface area contributed by atoms with Gasteiger partial charge in [0, 0.05) is 23.6 Å². The van der Waals surface area contributed by atoms with Gasteiger partial charge in [0.25, 0.3) is 0 Å². The number of nitrogen functional groups attached to an aromatic ring is 1. The molecule has 3 N–H and O–H groups in total. The van der Waals surface area contributed by atoms with Crippen molar-refractivity contribution in [3.05, 3.63) is 24.0 Å². The lowest BCUT2D eigenvalue weighted by Crippen LogP contribution is -2.38. The van der Waals surface area contributed by atoms with E-state index in [1.165, 1.54) is 12.8 Å². The highest BCUT2D eigenvalue weighted by atomic mass is 15.0. The summed E-state index contributed by atoms with van der Waals surface area (Å²) in [6.45, 7) is 3.38. The Morgan fingerprint density at radius 2 is 2.50 bits per heavy atom. The van der Waals surface area contributed by atoms with Crippen LogP contribution in [0.25, 0.3) is 0 Å². The second kappa shape index (κ2) is 3.58. The van der Waals surface area contributed by atoms with Crippen molar-refractivity contribution in [2.75, 3.05) is 12.3 Å². The monoisotopic (exact) mass is 191 g/mol. The first-order valence-corrected chi connectivity index (χ1v) is 5.13. The van der Waals surface area contributed by atoms with Crippen LogP contribution in [0.15, 0.2) is 18.5 Å². The topological polar surface area (TPSA) is 50.9 Å². The fourth-order valence-corrected chi connectivity index (χ4v) is 2.11. The molecule has 0 saturated carbocycles. The Hall–Kier alpha value is -1.09. The van der Waals surface area contributed by atoms with Crippen LogP contribution in [-0.2, 0) is 6.42 Å². The van der Waals surface area contributed by atoms with E-state index in [-0.39, 0.29) is 5.54 Å². The van der Waals surface area contributed by atoms with Crippen LogP contribution in [0.2, 0.25) is 0 Å². The van der Waals surface area contributed by atoms with Crippen molar-refractivity contribution in [2.24, 2.45) is 0 Å². The van der Waals surface area contributed by atoms with Gasteiger partial charge in [0.05, 0.1) is 0 Å². The van der Waals surface area contributed by atoms with E-state index in [1.807, 2.05) is 12.3 Å². The molecule has 1 atom stereocenters. The number of nitrogens with one attached hydrogen (secondary N) is 1. The zero-order valence-corrected chi connectivity index (χ0v) is 8.59. The van der Waals surface area contributed by atoms with Gasteiger partial charge in [0.15, 0.2) is 0 Å². The van der Waals surface area contributed by atoms with E-state index in [2.05, 4.69) is 17.2 Å². The van der Waals surface area contributed by atoms with Crippen LogP contribution in [0.3, 0.4) is 0 Å². The summed E-state index contributed by atoms with van der Waals surface area (Å²) in [5.41, 5.74) is 8.12. The molecular formula is C11H17N3. The largest absolute Gasteiger partial charge is 0.398 e. The van der Waals surface area contributed by atoms with Crippen molar-refractivity contribution in [3.8, 4) is 0 Å². The maximum atomic E-state index is 5.89. The van der Waals surface area contributed by atoms with Gasteiger partial charge < -0.3 is 11.1 Å². The standard InChI is InChI=1S/C11H17N3/c1-11(4-2-5-14-11)7-9-8-13-6-3-10(9)12/h3,6,8,14H,2,4-5,7H2,1H3,(H2,12,13). The van der Waals surface area contributed by atoms with Gasteiger partial charge in [0.2, 0.25) is 0 Å². The number of nitrogens with two attached hydrogens (primary N) is 1. The Morgan fingerprint density at radius 3 is 3.14 bits per heavy atom. The molecule has 76 valence electrons. The first kappa shape index (κ1) is 9.46. The van der Waals surface area contributed by atoms with Gasteiger partial charge in [-0.1, -0.05) is 0 Å². The van der Waals surface area contributed by atoms with Gasteiger partial charge in [0.1, 0.15) is 0 Å². The van der Waals surface area contributed by atoms with Crippen molar-refractivity contribution >= 4 is 5.69 Å². The molecule has 1 unspecified atom stereocenters. The summed E-state index contributed by atoms with van der Waals surface area (Å²) in [6, 6.07) is 1.87. The molecular weight excluding hydrogens is 174 g/mol. The molecule has 0 bridgehead atoms. The molecule has 1 aliphatic heterocycles. The highest BCUT2D eigenvalue weighted by Gasteiger charge is 2.28. The van der Waals surface area contributed by atoms with Crippen molar-refractivity contribution in [1.29, 1.82) is 0 Å². The maximum absolute atomic E-state index is 5.89. The van der Waals surface area contributed by atoms with E-state index in [9.17, 15) is 0 Å². The molecule has 0 radical (unpaired) electrons. The van der Waals surface area contributed by atoms with Gasteiger partial charge in [-0.05, 0) is 44.4 Å². The minimum atomic E-state index is 0.219. The number of hydrogen-bond donors (Lipinski definition) is 2. The van der Waals surface area contributed by atoms with Crippen molar-refractivity contribution in [1.82, 2.24) is 10.3 Å². The molecule has 1 aromatic heterocycles. The van der Waals surface area contributed by atoms with Crippen LogP contribution in [0.1, 0.15) is 25.3 Å². The number of anilines is 1. The normalized spacial score (nSPS) is 26.6. The third-order valence-corrected chi connectivity index (χ3v) is 2.98. The zero-order chi connectivity index (χ0) is 10.0. The first-order valence-electron chi connectivity index (χ1n) is 5.13. The van der Waals surface area contributed by atoms with Crippen LogP contribution in [0, 0.1) is 0 Å². The second-order valence-corrected chi connectivity index (χ2v) is 4.34. The Kier molecular flexibility index (Phi) is 2.42. The van der Waals surface area contributed by atoms with Crippen LogP contribution in [-0.4, -0.2) is 17.1 Å². The third-order valence-electron chi connectivity index (χ3n) is 2.98. The quantitative estimate of drug-likeness (QED) is 0.742. The summed E-state index contributed by atoms with van der Waals surface area (Å²) >= 11 is 0. The van der Waals surface area contributed by atoms with E-state index in [0.29, 0.717) is 0 Å². The van der Waals surface area contributed by atoms with Crippen molar-refractivity contribution < 1.29 is 0 Å². The first-order chi connectivity index (χ1) is 6.70. The summed E-state index contributed by atoms with van der Waals surface area (Å²) in [5, 5.41) is 3.53. The molecule has 1 saturated heterocycles. The lowest BCUT2D eigenvalue weighted by Gasteiger charge is -2.24. The van der Waals surface area contributed by atoms with Gasteiger partial charge in [-0.3, -0.25) is 4.98 Å². The molecule has 3 nitrogen and oxygen atoms in total. The number of pyridine rings is 1. The number of nitrogens with zero attached hydrogens (tertiary/aromatic N) is 1. The van der Waals surface area contributed by atoms with E-state index in [0.717, 1.165) is 24.2 Å². The molecule has 1 fully saturated rings. The summed E-state index contributed by atoms with van der Waals surface area (Å²) < 4.78 is 0. The molecule has 0 aliphatic carbocycles. The van der Waals surface area contributed by atoms with E-state index in [4.69, 9.17) is 5.73 Å². The third kappa shape index (κ3) is 1.87. The minimum Gasteiger partial charge on any atom is -0.398 e. The molecule has 1 aliphatic rings. The highest BCUT2D eigenvalue weighted by Crippen LogP contribution is 2.25. The van der Waals surface area contributed by atoms with Crippen LogP contribution in [0.5, 0.6) is 0 Å². The maximum Gasteiger partial charge on any atom is 0.0378 e. The number of rotatable bonds is 2. The minimum absolute atomic E-state index is 0.219. The summed E-state index contributed by atoms with van der Waals surface area (Å²) in [7, 11) is 0. The Bertz CT molecular complexity index is 316. The van der Waals surface area contributed by atoms with Crippen LogP contribution < -0.4 is 11.1 Å². The second-order valence-electron chi connectivity index (χ2n) is 4.34. The average Bonchev–Trinajstić information content (AvgIpc) is 2.57. The lowest BCUT2D eigenvalue weighted by molar-refractivity contribution is 0.413. The van der Waals surface area contributed by atoms with Crippen molar-refractivity contribution in [2.45, 2.75) is 31.7 Å². The Balaban J connectivity index is 2.14. The Morgan fingerprint density at radius 1 is 1.64 bits per heavy atom. The predicted octanol–water partition coefficient (Wildman–Crippen LogP) is 1.35. The predicted molar refractivity (Wildman–Crippen MR) is 58.0 cm³/mol. The Labute approximate surface area is 84.7 Å². The van der Waals surface area contributed by atoms with Gasteiger partial charge in [-0.15, -0.1) is 0 Å². The molecule has 0 spiro atoms. The van der Waals surface area contributed by atoms with E-state index >= 15 is 0 Å². The molecule has 3 heteroatoms. The van der Waals surface area contributed by atoms with E-state index in [1.54, 1.807) is 6.20 Å². The average molecular weight is 191 g/mol. The smallest absolute Gasteiger partial charge is 0.0378 e. The van der Waals surface area contributed by atoms with Gasteiger partial charge in [-0.2, -0.15) is 0 Å². The molecule has 0 amide bonds. The highest BCUT2D eigenvalue weighted by molar-refractivity contribution is 5.45. The number of hydrogen-bond acceptors (Lipinski definition) is 3. The van der Waals surface area contributed by atoms with Crippen LogP contribution in [0.4, 0.5) is 5.69 Å². The SMILES string of the molecule is CC1(Cc2cnccc2N)CCCN1. The lowest BCUT2D eigenvalue weighted by atomic mass is 9.91. The molecule has 2 heterocycles. The fourth-order valence-electron chi connectivity index (χ4n) is 2.11. The summed E-state index contributed by atoms with van der Waals surface area (Å²) in [5.74, 6) is 0. The van der Waals surface area contributed by atoms with Crippen molar-refractivity contribution in [3.63, 3.8) is 0 Å². The van der Waals surface area contributed by atoms with Crippen LogP contribution >= 0.6 is 0 Å². The van der Waals surface area contributed by atoms with Gasteiger partial charge in [-0.25, -0.2) is 0 Å². The summed E-state index contributed by atoms with van der Waals surface area (Å²) in [4.78, 5) is 4.11. The zero-order valence-electron chi connectivity index (χ0n) is 8.59. The molecule has 2 rings (SSSR count). The fraction of sp³-hybridized carbons (Fsp3) is 0.545. The van der Waals surface area contributed by atoms with E-state index < -0.39 is 0 Å². The molecule has 14 heavy (non-hydrogen) atoms. The summed E-state index contributed by atoms with van der Waals surface area (Å²) in [6.07, 6.45) is 7.08.